The van der Waals surface area contributed by atoms with Gasteiger partial charge in [0.1, 0.15) is 28.1 Å². The van der Waals surface area contributed by atoms with Crippen LogP contribution in [0.15, 0.2) is 236 Å². The summed E-state index contributed by atoms with van der Waals surface area (Å²) in [5.74, 6) is 0.617. The number of para-hydroxylation sites is 4. The normalized spacial score (nSPS) is 11.4. The van der Waals surface area contributed by atoms with Crippen molar-refractivity contribution in [1.29, 1.82) is 0 Å². The van der Waals surface area contributed by atoms with Crippen molar-refractivity contribution in [3.05, 3.63) is 231 Å². The standard InChI is InChI=1S/C30H18BrNO.C18H13BNO2.C12H6BrIO/c31-25-10-6-12-29-30(25)24-18-20(14-16-28(24)33-29)19-13-15-27-23(17-19)22-9-4-5-11-26(22)32(27)21-7-2-1-3-8-21;21-19-22-14-10-11-18-16(12-14)15-8-4-5-9-17(15)20(18)13-6-2-1-3-7-13;13-9-2-1-3-11-12(9)8-6-7(14)4-5-10(8)15-11/h1-18H;1-12,21H;1-6H. The van der Waals surface area contributed by atoms with Crippen LogP contribution < -0.4 is 4.65 Å². The molecule has 10 aromatic carbocycles. The molecular weight excluding hydrogens is 1110 g/mol. The van der Waals surface area contributed by atoms with E-state index in [4.69, 9.17) is 18.5 Å². The smallest absolute Gasteiger partial charge is 0.537 e. The van der Waals surface area contributed by atoms with Crippen molar-refractivity contribution in [1.82, 2.24) is 9.13 Å². The Hall–Kier alpha value is -7.09. The minimum absolute atomic E-state index is 0.617. The van der Waals surface area contributed by atoms with Gasteiger partial charge in [0, 0.05) is 67.0 Å². The Morgan fingerprint density at radius 1 is 0.400 bits per heavy atom. The summed E-state index contributed by atoms with van der Waals surface area (Å²) in [7, 11) is 0.706. The van der Waals surface area contributed by atoms with Crippen LogP contribution in [0, 0.1) is 3.57 Å². The summed E-state index contributed by atoms with van der Waals surface area (Å²) in [4.78, 5) is 0. The van der Waals surface area contributed by atoms with Crippen molar-refractivity contribution in [2.75, 3.05) is 0 Å². The molecule has 0 spiro atoms. The average Bonchev–Trinajstić information content (AvgIpc) is 4.15. The van der Waals surface area contributed by atoms with Crippen LogP contribution in [-0.2, 0) is 0 Å². The maximum Gasteiger partial charge on any atom is 0.569 e. The summed E-state index contributed by atoms with van der Waals surface area (Å²) in [6, 6.07) is 75.1. The van der Waals surface area contributed by atoms with E-state index in [1.807, 2.05) is 84.9 Å². The predicted octanol–water partition coefficient (Wildman–Crippen LogP) is 17.8. The van der Waals surface area contributed by atoms with Gasteiger partial charge in [-0.1, -0.05) is 129 Å². The summed E-state index contributed by atoms with van der Waals surface area (Å²) in [5.41, 5.74) is 13.0. The first kappa shape index (κ1) is 44.1. The molecule has 0 unspecified atom stereocenters. The van der Waals surface area contributed by atoms with E-state index in [1.54, 1.807) is 0 Å². The fourth-order valence-electron chi connectivity index (χ4n) is 9.67. The molecule has 1 radical (unpaired) electrons. The Morgan fingerprint density at radius 3 is 1.43 bits per heavy atom. The predicted molar refractivity (Wildman–Crippen MR) is 305 cm³/mol. The zero-order valence-electron chi connectivity index (χ0n) is 37.1. The third-order valence-corrected chi connectivity index (χ3v) is 14.7. The van der Waals surface area contributed by atoms with Gasteiger partial charge < -0.3 is 27.6 Å². The van der Waals surface area contributed by atoms with E-state index >= 15 is 0 Å². The molecule has 6 nitrogen and oxygen atoms in total. The molecule has 0 saturated carbocycles. The van der Waals surface area contributed by atoms with E-state index in [0.717, 1.165) is 74.9 Å². The third-order valence-electron chi connectivity index (χ3n) is 12.7. The van der Waals surface area contributed by atoms with Crippen molar-refractivity contribution in [3.63, 3.8) is 0 Å². The molecule has 0 aliphatic rings. The number of hydrogen-bond donors (Lipinski definition) is 1. The van der Waals surface area contributed by atoms with E-state index in [-0.39, 0.29) is 0 Å². The van der Waals surface area contributed by atoms with Gasteiger partial charge in [-0.3, -0.25) is 0 Å². The number of aromatic nitrogens is 2. The second-order valence-corrected chi connectivity index (χ2v) is 19.7. The van der Waals surface area contributed by atoms with Crippen molar-refractivity contribution < 1.29 is 18.5 Å². The molecule has 0 fully saturated rings. The van der Waals surface area contributed by atoms with Crippen LogP contribution in [0.25, 0.3) is 110 Å². The quantitative estimate of drug-likeness (QED) is 0.138. The van der Waals surface area contributed by atoms with Crippen molar-refractivity contribution >= 4 is 150 Å². The molecule has 1 N–H and O–H groups in total. The minimum atomic E-state index is 0.617. The molecule has 0 amide bonds. The molecule has 4 aromatic heterocycles. The van der Waals surface area contributed by atoms with E-state index in [1.165, 1.54) is 47.6 Å². The fraction of sp³-hybridized carbons (Fsp3) is 0. The van der Waals surface area contributed by atoms with Crippen LogP contribution in [0.1, 0.15) is 0 Å². The number of rotatable bonds is 5. The molecule has 14 rings (SSSR count). The van der Waals surface area contributed by atoms with Gasteiger partial charge in [0.05, 0.1) is 22.1 Å². The molecule has 0 aliphatic carbocycles. The minimum Gasteiger partial charge on any atom is -0.537 e. The van der Waals surface area contributed by atoms with Crippen LogP contribution in [-0.4, -0.2) is 21.8 Å². The number of benzene rings is 10. The monoisotopic (exact) mass is 1150 g/mol. The van der Waals surface area contributed by atoms with Crippen LogP contribution in [0.5, 0.6) is 5.75 Å². The van der Waals surface area contributed by atoms with Crippen molar-refractivity contribution in [3.8, 4) is 28.3 Å². The number of nitrogens with zero attached hydrogens (tertiary/aromatic N) is 2. The highest BCUT2D eigenvalue weighted by Crippen LogP contribution is 2.40. The fourth-order valence-corrected chi connectivity index (χ4v) is 11.3. The highest BCUT2D eigenvalue weighted by atomic mass is 127. The second-order valence-electron chi connectivity index (χ2n) is 16.8. The first-order valence-electron chi connectivity index (χ1n) is 22.6. The van der Waals surface area contributed by atoms with Gasteiger partial charge in [-0.25, -0.2) is 0 Å². The van der Waals surface area contributed by atoms with Gasteiger partial charge in [0.25, 0.3) is 0 Å². The zero-order chi connectivity index (χ0) is 47.3. The first-order chi connectivity index (χ1) is 34.4. The lowest BCUT2D eigenvalue weighted by molar-refractivity contribution is 0.454. The number of hydrogen-bond acceptors (Lipinski definition) is 4. The molecule has 0 atom stereocenters. The molecular formula is C60H37BBr2IN2O4. The second kappa shape index (κ2) is 18.7. The lowest BCUT2D eigenvalue weighted by Crippen LogP contribution is -1.99. The van der Waals surface area contributed by atoms with Gasteiger partial charge in [-0.05, 0) is 155 Å². The van der Waals surface area contributed by atoms with Crippen LogP contribution in [0.2, 0.25) is 0 Å². The largest absolute Gasteiger partial charge is 0.569 e. The van der Waals surface area contributed by atoms with E-state index in [0.29, 0.717) is 13.4 Å². The van der Waals surface area contributed by atoms with E-state index in [9.17, 15) is 0 Å². The average molecular weight is 1150 g/mol. The van der Waals surface area contributed by atoms with Gasteiger partial charge >= 0.3 is 7.69 Å². The third kappa shape index (κ3) is 7.94. The maximum absolute atomic E-state index is 8.84. The van der Waals surface area contributed by atoms with Crippen molar-refractivity contribution in [2.45, 2.75) is 0 Å². The number of halogens is 3. The number of fused-ring (bicyclic) bond motifs is 12. The van der Waals surface area contributed by atoms with E-state index < -0.39 is 0 Å². The topological polar surface area (TPSA) is 65.6 Å². The highest BCUT2D eigenvalue weighted by molar-refractivity contribution is 14.1. The molecule has 0 saturated heterocycles. The van der Waals surface area contributed by atoms with E-state index in [2.05, 4.69) is 197 Å². The summed E-state index contributed by atoms with van der Waals surface area (Å²) in [6.07, 6.45) is 0. The Balaban J connectivity index is 0.000000117. The summed E-state index contributed by atoms with van der Waals surface area (Å²) in [5, 5.41) is 18.2. The van der Waals surface area contributed by atoms with Gasteiger partial charge in [-0.2, -0.15) is 0 Å². The Labute approximate surface area is 433 Å². The summed E-state index contributed by atoms with van der Waals surface area (Å²) < 4.78 is 24.9. The van der Waals surface area contributed by atoms with Crippen LogP contribution in [0.3, 0.4) is 0 Å². The summed E-state index contributed by atoms with van der Waals surface area (Å²) in [6.45, 7) is 0. The number of furan rings is 2. The Kier molecular flexibility index (Phi) is 11.8. The molecule has 14 aromatic rings. The molecule has 70 heavy (non-hydrogen) atoms. The van der Waals surface area contributed by atoms with Gasteiger partial charge in [0.2, 0.25) is 0 Å². The summed E-state index contributed by atoms with van der Waals surface area (Å²) >= 11 is 9.57. The van der Waals surface area contributed by atoms with Gasteiger partial charge in [-0.15, -0.1) is 0 Å². The van der Waals surface area contributed by atoms with Crippen LogP contribution >= 0.6 is 54.5 Å². The van der Waals surface area contributed by atoms with Gasteiger partial charge in [0.15, 0.2) is 0 Å². The Morgan fingerprint density at radius 2 is 0.857 bits per heavy atom. The van der Waals surface area contributed by atoms with Crippen LogP contribution in [0.4, 0.5) is 0 Å². The molecule has 0 aliphatic heterocycles. The Bertz CT molecular complexity index is 4260. The van der Waals surface area contributed by atoms with Crippen molar-refractivity contribution in [2.24, 2.45) is 0 Å². The highest BCUT2D eigenvalue weighted by Gasteiger charge is 2.16. The molecule has 10 heteroatoms. The molecule has 4 heterocycles. The SMILES string of the molecule is Brc1cccc2oc3ccc(-c4ccc5c(c4)c4ccccc4n5-c4ccccc4)cc3c12.Brc1cccc2oc3ccc(I)cc3c12.O[B]Oc1ccc2c(c1)c1ccccc1n2-c1ccccc1. The zero-order valence-corrected chi connectivity index (χ0v) is 42.4. The lowest BCUT2D eigenvalue weighted by atomic mass is 10.0. The first-order valence-corrected chi connectivity index (χ1v) is 25.3. The maximum atomic E-state index is 8.84. The molecule has 0 bridgehead atoms. The molecule has 335 valence electrons. The lowest BCUT2D eigenvalue weighted by Gasteiger charge is -2.08.